The van der Waals surface area contributed by atoms with Crippen LogP contribution in [-0.4, -0.2) is 36.6 Å². The molecule has 1 fully saturated rings. The van der Waals surface area contributed by atoms with Gasteiger partial charge in [0, 0.05) is 12.1 Å². The first kappa shape index (κ1) is 14.7. The van der Waals surface area contributed by atoms with Gasteiger partial charge in [0.05, 0.1) is 7.11 Å². The third-order valence-electron chi connectivity index (χ3n) is 3.90. The van der Waals surface area contributed by atoms with Crippen LogP contribution in [0.4, 0.5) is 0 Å². The minimum absolute atomic E-state index is 0.0699. The van der Waals surface area contributed by atoms with Crippen molar-refractivity contribution in [3.05, 3.63) is 24.3 Å². The quantitative estimate of drug-likeness (QED) is 0.849. The Bertz CT molecular complexity index is 434. The maximum atomic E-state index is 12.3. The monoisotopic (exact) mass is 277 g/mol. The number of likely N-dealkylation sites (tertiary alicyclic amines) is 1. The van der Waals surface area contributed by atoms with E-state index in [-0.39, 0.29) is 12.5 Å². The maximum absolute atomic E-state index is 12.3. The van der Waals surface area contributed by atoms with Crippen LogP contribution >= 0.6 is 0 Å². The van der Waals surface area contributed by atoms with Crippen LogP contribution in [0.3, 0.4) is 0 Å². The Balaban J connectivity index is 1.90. The molecule has 1 amide bonds. The Morgan fingerprint density at radius 2 is 1.70 bits per heavy atom. The van der Waals surface area contributed by atoms with Crippen molar-refractivity contribution in [1.82, 2.24) is 4.90 Å². The standard InChI is InChI=1S/C16H23NO3/c1-12-5-4-6-13(2)17(12)16(18)11-20-15-9-7-14(19-3)8-10-15/h7-10,12-13H,4-6,11H2,1-3H3/t12-,13-/m0/s1. The highest BCUT2D eigenvalue weighted by Gasteiger charge is 2.28. The lowest BCUT2D eigenvalue weighted by Gasteiger charge is -2.38. The Morgan fingerprint density at radius 3 is 2.25 bits per heavy atom. The fourth-order valence-electron chi connectivity index (χ4n) is 2.80. The van der Waals surface area contributed by atoms with Crippen LogP contribution in [0.1, 0.15) is 33.1 Å². The highest BCUT2D eigenvalue weighted by molar-refractivity contribution is 5.78. The molecule has 1 saturated heterocycles. The van der Waals surface area contributed by atoms with Crippen molar-refractivity contribution in [3.8, 4) is 11.5 Å². The van der Waals surface area contributed by atoms with E-state index in [9.17, 15) is 4.79 Å². The van der Waals surface area contributed by atoms with Gasteiger partial charge in [0.2, 0.25) is 0 Å². The second-order valence-electron chi connectivity index (χ2n) is 5.39. The fraction of sp³-hybridized carbons (Fsp3) is 0.562. The van der Waals surface area contributed by atoms with Crippen LogP contribution < -0.4 is 9.47 Å². The Hall–Kier alpha value is -1.71. The molecule has 0 unspecified atom stereocenters. The molecule has 1 aliphatic heterocycles. The third kappa shape index (κ3) is 3.44. The van der Waals surface area contributed by atoms with Gasteiger partial charge in [0.25, 0.3) is 5.91 Å². The van der Waals surface area contributed by atoms with Crippen molar-refractivity contribution < 1.29 is 14.3 Å². The summed E-state index contributed by atoms with van der Waals surface area (Å²) in [6.07, 6.45) is 3.36. The molecule has 0 saturated carbocycles. The van der Waals surface area contributed by atoms with Crippen LogP contribution in [0.5, 0.6) is 11.5 Å². The predicted octanol–water partition coefficient (Wildman–Crippen LogP) is 2.86. The number of carbonyl (C=O) groups is 1. The second-order valence-corrected chi connectivity index (χ2v) is 5.39. The Kier molecular flexibility index (Phi) is 4.88. The molecule has 1 aliphatic rings. The van der Waals surface area contributed by atoms with E-state index in [1.54, 1.807) is 7.11 Å². The summed E-state index contributed by atoms with van der Waals surface area (Å²) in [5, 5.41) is 0. The molecule has 2 atom stereocenters. The van der Waals surface area contributed by atoms with E-state index in [0.717, 1.165) is 18.6 Å². The second kappa shape index (κ2) is 6.64. The minimum atomic E-state index is 0.0699. The highest BCUT2D eigenvalue weighted by atomic mass is 16.5. The van der Waals surface area contributed by atoms with Crippen molar-refractivity contribution in [2.24, 2.45) is 0 Å². The van der Waals surface area contributed by atoms with E-state index in [0.29, 0.717) is 17.8 Å². The Labute approximate surface area is 120 Å². The van der Waals surface area contributed by atoms with Gasteiger partial charge in [-0.25, -0.2) is 0 Å². The number of piperidine rings is 1. The molecule has 2 rings (SSSR count). The lowest BCUT2D eigenvalue weighted by molar-refractivity contribution is -0.139. The summed E-state index contributed by atoms with van der Waals surface area (Å²) < 4.78 is 10.7. The molecule has 0 N–H and O–H groups in total. The third-order valence-corrected chi connectivity index (χ3v) is 3.90. The van der Waals surface area contributed by atoms with E-state index in [2.05, 4.69) is 13.8 Å². The van der Waals surface area contributed by atoms with Crippen molar-refractivity contribution in [2.75, 3.05) is 13.7 Å². The normalized spacial score (nSPS) is 22.4. The number of ether oxygens (including phenoxy) is 2. The van der Waals surface area contributed by atoms with Crippen LogP contribution in [0, 0.1) is 0 Å². The van der Waals surface area contributed by atoms with Crippen LogP contribution in [0.2, 0.25) is 0 Å². The van der Waals surface area contributed by atoms with E-state index < -0.39 is 0 Å². The summed E-state index contributed by atoms with van der Waals surface area (Å²) in [4.78, 5) is 14.3. The van der Waals surface area contributed by atoms with Crippen LogP contribution in [0.25, 0.3) is 0 Å². The van der Waals surface area contributed by atoms with Gasteiger partial charge in [-0.15, -0.1) is 0 Å². The van der Waals surface area contributed by atoms with Gasteiger partial charge in [0.1, 0.15) is 11.5 Å². The molecule has 1 heterocycles. The number of hydrogen-bond acceptors (Lipinski definition) is 3. The first-order chi connectivity index (χ1) is 9.61. The van der Waals surface area contributed by atoms with Gasteiger partial charge >= 0.3 is 0 Å². The van der Waals surface area contributed by atoms with Gasteiger partial charge in [-0.1, -0.05) is 0 Å². The zero-order valence-corrected chi connectivity index (χ0v) is 12.5. The van der Waals surface area contributed by atoms with Gasteiger partial charge in [-0.3, -0.25) is 4.79 Å². The molecular weight excluding hydrogens is 254 g/mol. The summed E-state index contributed by atoms with van der Waals surface area (Å²) in [5.41, 5.74) is 0. The molecule has 0 aromatic heterocycles. The minimum Gasteiger partial charge on any atom is -0.497 e. The number of amides is 1. The largest absolute Gasteiger partial charge is 0.497 e. The number of carbonyl (C=O) groups excluding carboxylic acids is 1. The van der Waals surface area contributed by atoms with Gasteiger partial charge in [-0.05, 0) is 57.4 Å². The lowest BCUT2D eigenvalue weighted by Crippen LogP contribution is -2.49. The fourth-order valence-corrected chi connectivity index (χ4v) is 2.80. The van der Waals surface area contributed by atoms with Crippen molar-refractivity contribution >= 4 is 5.91 Å². The summed E-state index contributed by atoms with van der Waals surface area (Å²) >= 11 is 0. The summed E-state index contributed by atoms with van der Waals surface area (Å²) in [5.74, 6) is 1.54. The topological polar surface area (TPSA) is 38.8 Å². The summed E-state index contributed by atoms with van der Waals surface area (Å²) in [6, 6.07) is 7.90. The van der Waals surface area contributed by atoms with E-state index in [1.165, 1.54) is 6.42 Å². The molecule has 4 heteroatoms. The number of benzene rings is 1. The molecular formula is C16H23NO3. The van der Waals surface area contributed by atoms with Gasteiger partial charge < -0.3 is 14.4 Å². The number of methoxy groups -OCH3 is 1. The maximum Gasteiger partial charge on any atom is 0.260 e. The molecule has 0 aliphatic carbocycles. The molecule has 1 aromatic carbocycles. The molecule has 4 nitrogen and oxygen atoms in total. The summed E-state index contributed by atoms with van der Waals surface area (Å²) in [7, 11) is 1.62. The zero-order valence-electron chi connectivity index (χ0n) is 12.5. The SMILES string of the molecule is COc1ccc(OCC(=O)N2[C@@H](C)CCC[C@@H]2C)cc1. The predicted molar refractivity (Wildman–Crippen MR) is 78.1 cm³/mol. The molecule has 0 radical (unpaired) electrons. The zero-order chi connectivity index (χ0) is 14.5. The number of nitrogens with zero attached hydrogens (tertiary/aromatic N) is 1. The highest BCUT2D eigenvalue weighted by Crippen LogP contribution is 2.23. The van der Waals surface area contributed by atoms with Gasteiger partial charge in [0.15, 0.2) is 6.61 Å². The number of rotatable bonds is 4. The number of hydrogen-bond donors (Lipinski definition) is 0. The van der Waals surface area contributed by atoms with Crippen molar-refractivity contribution in [3.63, 3.8) is 0 Å². The molecule has 20 heavy (non-hydrogen) atoms. The molecule has 110 valence electrons. The first-order valence-corrected chi connectivity index (χ1v) is 7.20. The smallest absolute Gasteiger partial charge is 0.260 e. The van der Waals surface area contributed by atoms with Crippen LogP contribution in [0.15, 0.2) is 24.3 Å². The summed E-state index contributed by atoms with van der Waals surface area (Å²) in [6.45, 7) is 4.32. The molecule has 0 spiro atoms. The van der Waals surface area contributed by atoms with Gasteiger partial charge in [-0.2, -0.15) is 0 Å². The molecule has 1 aromatic rings. The lowest BCUT2D eigenvalue weighted by atomic mass is 9.97. The molecule has 0 bridgehead atoms. The van der Waals surface area contributed by atoms with Crippen LogP contribution in [-0.2, 0) is 4.79 Å². The average Bonchev–Trinajstić information content (AvgIpc) is 2.45. The van der Waals surface area contributed by atoms with Crippen molar-refractivity contribution in [2.45, 2.75) is 45.2 Å². The average molecular weight is 277 g/mol. The first-order valence-electron chi connectivity index (χ1n) is 7.20. The van der Waals surface area contributed by atoms with E-state index in [4.69, 9.17) is 9.47 Å². The Morgan fingerprint density at radius 1 is 1.15 bits per heavy atom. The van der Waals surface area contributed by atoms with Crippen molar-refractivity contribution in [1.29, 1.82) is 0 Å². The van der Waals surface area contributed by atoms with E-state index >= 15 is 0 Å². The van der Waals surface area contributed by atoms with E-state index in [1.807, 2.05) is 29.2 Å².